The summed E-state index contributed by atoms with van der Waals surface area (Å²) in [5, 5.41) is 0. The zero-order valence-electron chi connectivity index (χ0n) is 15.9. The van der Waals surface area contributed by atoms with E-state index in [1.165, 1.54) is 12.3 Å². The van der Waals surface area contributed by atoms with Gasteiger partial charge in [-0.2, -0.15) is 0 Å². The number of aldehydes is 1. The van der Waals surface area contributed by atoms with Gasteiger partial charge >= 0.3 is 0 Å². The molecule has 142 valence electrons. The van der Waals surface area contributed by atoms with E-state index in [4.69, 9.17) is 0 Å². The van der Waals surface area contributed by atoms with E-state index in [9.17, 15) is 9.18 Å². The summed E-state index contributed by atoms with van der Waals surface area (Å²) in [4.78, 5) is 18.4. The number of benzene rings is 2. The molecule has 3 aromatic rings. The molecule has 1 aromatic heterocycles. The van der Waals surface area contributed by atoms with E-state index in [-0.39, 0.29) is 11.7 Å². The highest BCUT2D eigenvalue weighted by Crippen LogP contribution is 2.36. The summed E-state index contributed by atoms with van der Waals surface area (Å²) in [7, 11) is 0. The van der Waals surface area contributed by atoms with E-state index in [1.54, 1.807) is 6.07 Å². The third-order valence-corrected chi connectivity index (χ3v) is 5.61. The summed E-state index contributed by atoms with van der Waals surface area (Å²) >= 11 is 0. The molecule has 1 aliphatic rings. The Morgan fingerprint density at radius 1 is 1.14 bits per heavy atom. The van der Waals surface area contributed by atoms with Gasteiger partial charge in [0.15, 0.2) is 6.29 Å². The molecule has 4 rings (SSSR count). The van der Waals surface area contributed by atoms with Crippen LogP contribution in [0, 0.1) is 5.82 Å². The second kappa shape index (κ2) is 7.93. The summed E-state index contributed by atoms with van der Waals surface area (Å²) < 4.78 is 13.2. The third kappa shape index (κ3) is 3.42. The Bertz CT molecular complexity index is 970. The Balaban J connectivity index is 1.67. The second-order valence-electron chi connectivity index (χ2n) is 7.20. The number of anilines is 1. The number of nitrogens with zero attached hydrogens (tertiary/aromatic N) is 2. The van der Waals surface area contributed by atoms with Crippen LogP contribution in [0.4, 0.5) is 10.2 Å². The molecule has 0 saturated carbocycles. The Kier molecular flexibility index (Phi) is 5.20. The number of carbonyl (C=O) groups is 1. The van der Waals surface area contributed by atoms with E-state index < -0.39 is 0 Å². The van der Waals surface area contributed by atoms with Crippen molar-refractivity contribution in [2.75, 3.05) is 18.0 Å². The van der Waals surface area contributed by atoms with E-state index >= 15 is 0 Å². The molecule has 1 saturated heterocycles. The fourth-order valence-electron chi connectivity index (χ4n) is 4.22. The fourth-order valence-corrected chi connectivity index (χ4v) is 4.22. The Hall–Kier alpha value is -3.01. The molecule has 4 heteroatoms. The minimum absolute atomic E-state index is 0.266. The smallest absolute Gasteiger partial charge is 0.150 e. The predicted octanol–water partition coefficient (Wildman–Crippen LogP) is 5.26. The van der Waals surface area contributed by atoms with Gasteiger partial charge in [-0.25, -0.2) is 9.37 Å². The zero-order chi connectivity index (χ0) is 19.5. The van der Waals surface area contributed by atoms with Gasteiger partial charge in [-0.3, -0.25) is 4.79 Å². The molecule has 0 radical (unpaired) electrons. The number of halogens is 1. The van der Waals surface area contributed by atoms with E-state index in [0.29, 0.717) is 0 Å². The van der Waals surface area contributed by atoms with Crippen LogP contribution in [0.5, 0.6) is 0 Å². The molecule has 2 heterocycles. The van der Waals surface area contributed by atoms with Crippen LogP contribution in [0.1, 0.15) is 40.7 Å². The van der Waals surface area contributed by atoms with Crippen molar-refractivity contribution >= 4 is 12.1 Å². The first-order valence-corrected chi connectivity index (χ1v) is 9.74. The van der Waals surface area contributed by atoms with E-state index in [1.807, 2.05) is 18.2 Å². The molecule has 0 N–H and O–H groups in total. The molecule has 1 aliphatic heterocycles. The fraction of sp³-hybridized carbons (Fsp3) is 0.250. The molecule has 0 bridgehead atoms. The second-order valence-corrected chi connectivity index (χ2v) is 7.20. The first-order chi connectivity index (χ1) is 13.7. The van der Waals surface area contributed by atoms with Crippen LogP contribution in [0.15, 0.2) is 60.8 Å². The molecule has 28 heavy (non-hydrogen) atoms. The first kappa shape index (κ1) is 18.4. The van der Waals surface area contributed by atoms with Crippen LogP contribution in [0.25, 0.3) is 11.1 Å². The number of hydrogen-bond acceptors (Lipinski definition) is 3. The van der Waals surface area contributed by atoms with Crippen LogP contribution in [-0.4, -0.2) is 24.4 Å². The van der Waals surface area contributed by atoms with Crippen LogP contribution in [-0.2, 0) is 6.42 Å². The van der Waals surface area contributed by atoms with Crippen molar-refractivity contribution in [3.8, 4) is 11.1 Å². The van der Waals surface area contributed by atoms with Crippen LogP contribution in [0.3, 0.4) is 0 Å². The van der Waals surface area contributed by atoms with Gasteiger partial charge < -0.3 is 4.90 Å². The minimum Gasteiger partial charge on any atom is -0.356 e. The van der Waals surface area contributed by atoms with Gasteiger partial charge in [0, 0.05) is 24.6 Å². The lowest BCUT2D eigenvalue weighted by atomic mass is 9.86. The van der Waals surface area contributed by atoms with E-state index in [2.05, 4.69) is 41.1 Å². The molecule has 2 aromatic carbocycles. The van der Waals surface area contributed by atoms with Crippen molar-refractivity contribution in [2.45, 2.75) is 25.7 Å². The molecule has 0 spiro atoms. The van der Waals surface area contributed by atoms with Crippen LogP contribution >= 0.6 is 0 Å². The topological polar surface area (TPSA) is 33.2 Å². The van der Waals surface area contributed by atoms with E-state index in [0.717, 1.165) is 65.9 Å². The molecule has 1 atom stereocenters. The van der Waals surface area contributed by atoms with Crippen molar-refractivity contribution in [2.24, 2.45) is 0 Å². The lowest BCUT2D eigenvalue weighted by Gasteiger charge is -2.20. The molecule has 1 fully saturated rings. The molecule has 0 aliphatic carbocycles. The molecule has 3 nitrogen and oxygen atoms in total. The number of rotatable bonds is 5. The molecular weight excluding hydrogens is 351 g/mol. The average Bonchev–Trinajstić information content (AvgIpc) is 3.23. The quantitative estimate of drug-likeness (QED) is 0.572. The maximum absolute atomic E-state index is 13.2. The highest BCUT2D eigenvalue weighted by atomic mass is 19.1. The van der Waals surface area contributed by atoms with Crippen molar-refractivity contribution < 1.29 is 9.18 Å². The van der Waals surface area contributed by atoms with Crippen molar-refractivity contribution in [3.63, 3.8) is 0 Å². The SMILES string of the molecule is CCc1c(-c2ccccc2)ccc(C2CCN(c3ccc(F)cn3)C2)c1C=O. The predicted molar refractivity (Wildman–Crippen MR) is 110 cm³/mol. The number of aromatic nitrogens is 1. The van der Waals surface area contributed by atoms with Crippen molar-refractivity contribution in [1.82, 2.24) is 4.98 Å². The highest BCUT2D eigenvalue weighted by Gasteiger charge is 2.28. The minimum atomic E-state index is -0.327. The maximum Gasteiger partial charge on any atom is 0.150 e. The molecular formula is C24H23FN2O. The average molecular weight is 374 g/mol. The highest BCUT2D eigenvalue weighted by molar-refractivity contribution is 5.85. The van der Waals surface area contributed by atoms with Gasteiger partial charge in [-0.05, 0) is 47.2 Å². The van der Waals surface area contributed by atoms with Gasteiger partial charge in [0.05, 0.1) is 6.20 Å². The number of pyridine rings is 1. The molecule has 1 unspecified atom stereocenters. The Morgan fingerprint density at radius 2 is 1.96 bits per heavy atom. The van der Waals surface area contributed by atoms with Crippen molar-refractivity contribution in [1.29, 1.82) is 0 Å². The number of carbonyl (C=O) groups excluding carboxylic acids is 1. The lowest BCUT2D eigenvalue weighted by Crippen LogP contribution is -2.20. The van der Waals surface area contributed by atoms with Gasteiger partial charge in [0.1, 0.15) is 11.6 Å². The summed E-state index contributed by atoms with van der Waals surface area (Å²) in [5.41, 5.74) is 5.30. The molecule has 0 amide bonds. The maximum atomic E-state index is 13.2. The standard InChI is InChI=1S/C24H23FN2O/c1-2-20-21(17-6-4-3-5-7-17)9-10-22(23(20)16-28)18-12-13-27(15-18)24-11-8-19(25)14-26-24/h3-11,14,16,18H,2,12-13,15H2,1H3. The van der Waals surface area contributed by atoms with Gasteiger partial charge in [-0.1, -0.05) is 49.4 Å². The van der Waals surface area contributed by atoms with Gasteiger partial charge in [-0.15, -0.1) is 0 Å². The summed E-state index contributed by atoms with van der Waals surface area (Å²) in [6, 6.07) is 17.6. The van der Waals surface area contributed by atoms with Crippen LogP contribution < -0.4 is 4.90 Å². The summed E-state index contributed by atoms with van der Waals surface area (Å²) in [6.07, 6.45) is 4.03. The summed E-state index contributed by atoms with van der Waals surface area (Å²) in [6.45, 7) is 3.73. The van der Waals surface area contributed by atoms with Gasteiger partial charge in [0.2, 0.25) is 0 Å². The normalized spacial score (nSPS) is 16.4. The monoisotopic (exact) mass is 374 g/mol. The number of hydrogen-bond donors (Lipinski definition) is 0. The lowest BCUT2D eigenvalue weighted by molar-refractivity contribution is 0.112. The zero-order valence-corrected chi connectivity index (χ0v) is 15.9. The first-order valence-electron chi connectivity index (χ1n) is 9.74. The Morgan fingerprint density at radius 3 is 2.64 bits per heavy atom. The van der Waals surface area contributed by atoms with Crippen molar-refractivity contribution in [3.05, 3.63) is 83.3 Å². The largest absolute Gasteiger partial charge is 0.356 e. The summed E-state index contributed by atoms with van der Waals surface area (Å²) in [5.74, 6) is 0.724. The van der Waals surface area contributed by atoms with Crippen LogP contribution in [0.2, 0.25) is 0 Å². The van der Waals surface area contributed by atoms with Gasteiger partial charge in [0.25, 0.3) is 0 Å². The Labute approximate surface area is 164 Å². The third-order valence-electron chi connectivity index (χ3n) is 5.61.